The first-order chi connectivity index (χ1) is 49.7. The van der Waals surface area contributed by atoms with Crippen LogP contribution < -0.4 is 0 Å². The topological polar surface area (TPSA) is 237 Å². The number of esters is 4. The predicted octanol–water partition coefficient (Wildman–Crippen LogP) is 24.0. The Morgan fingerprint density at radius 1 is 0.284 bits per heavy atom. The van der Waals surface area contributed by atoms with Crippen molar-refractivity contribution in [3.8, 4) is 0 Å². The van der Waals surface area contributed by atoms with Crippen LogP contribution in [-0.4, -0.2) is 96.7 Å². The monoisotopic (exact) mass is 1480 g/mol. The van der Waals surface area contributed by atoms with E-state index < -0.39 is 97.5 Å². The van der Waals surface area contributed by atoms with Gasteiger partial charge in [-0.3, -0.25) is 37.3 Å². The molecule has 0 aliphatic carbocycles. The number of hydrogen-bond donors (Lipinski definition) is 3. The first kappa shape index (κ1) is 98.5. The molecular formula is C83H150O17P2. The highest BCUT2D eigenvalue weighted by atomic mass is 31.2. The summed E-state index contributed by atoms with van der Waals surface area (Å²) in [5.41, 5.74) is 0. The maximum Gasteiger partial charge on any atom is 0.472 e. The Kier molecular flexibility index (Phi) is 73.1. The number of allylic oxidation sites excluding steroid dienone is 12. The quantitative estimate of drug-likeness (QED) is 0.0169. The van der Waals surface area contributed by atoms with Crippen molar-refractivity contribution in [1.82, 2.24) is 0 Å². The van der Waals surface area contributed by atoms with E-state index in [1.807, 2.05) is 0 Å². The SMILES string of the molecule is CC/C=C\C/C=C\C/C=C\CCCCCCCCCC(=O)OCC(COP(=O)(O)OCC(O)COP(=O)(O)OCC(COC(=O)CCCCCCCCCCCCCCCCC)OC(=O)CCCCCCCCCCCCCCC)OC(=O)CCCCCCCCC/C=C\C/C=C\C/C=C\CC. The van der Waals surface area contributed by atoms with Crippen LogP contribution in [-0.2, 0) is 65.4 Å². The summed E-state index contributed by atoms with van der Waals surface area (Å²) in [6.07, 6.45) is 77.2. The number of aliphatic hydroxyl groups excluding tert-OH is 1. The second-order valence-corrected chi connectivity index (χ2v) is 30.6. The maximum atomic E-state index is 13.1. The zero-order valence-electron chi connectivity index (χ0n) is 65.0. The molecule has 102 heavy (non-hydrogen) atoms. The highest BCUT2D eigenvalue weighted by Crippen LogP contribution is 2.45. The van der Waals surface area contributed by atoms with E-state index in [0.29, 0.717) is 25.7 Å². The number of unbranched alkanes of at least 4 members (excludes halogenated alkanes) is 40. The fraction of sp³-hybridized carbons (Fsp3) is 0.807. The van der Waals surface area contributed by atoms with E-state index in [1.165, 1.54) is 122 Å². The lowest BCUT2D eigenvalue weighted by molar-refractivity contribution is -0.161. The minimum absolute atomic E-state index is 0.0839. The lowest BCUT2D eigenvalue weighted by Gasteiger charge is -2.21. The molecule has 0 aromatic heterocycles. The number of aliphatic hydroxyl groups is 1. The molecule has 0 saturated heterocycles. The van der Waals surface area contributed by atoms with Crippen LogP contribution in [0.2, 0.25) is 0 Å². The van der Waals surface area contributed by atoms with Crippen molar-refractivity contribution < 1.29 is 80.2 Å². The smallest absolute Gasteiger partial charge is 0.462 e. The van der Waals surface area contributed by atoms with Crippen LogP contribution in [0.4, 0.5) is 0 Å². The van der Waals surface area contributed by atoms with Crippen LogP contribution in [0.25, 0.3) is 0 Å². The van der Waals surface area contributed by atoms with Gasteiger partial charge in [-0.15, -0.1) is 0 Å². The van der Waals surface area contributed by atoms with E-state index in [2.05, 4.69) is 101 Å². The largest absolute Gasteiger partial charge is 0.472 e. The molecule has 19 heteroatoms. The van der Waals surface area contributed by atoms with E-state index in [0.717, 1.165) is 173 Å². The van der Waals surface area contributed by atoms with E-state index >= 15 is 0 Å². The highest BCUT2D eigenvalue weighted by Gasteiger charge is 2.30. The molecule has 0 radical (unpaired) electrons. The Morgan fingerprint density at radius 3 is 0.784 bits per heavy atom. The van der Waals surface area contributed by atoms with Gasteiger partial charge >= 0.3 is 39.5 Å². The van der Waals surface area contributed by atoms with Gasteiger partial charge in [-0.1, -0.05) is 332 Å². The molecule has 594 valence electrons. The third-order valence-corrected chi connectivity index (χ3v) is 19.6. The van der Waals surface area contributed by atoms with Crippen molar-refractivity contribution in [3.05, 3.63) is 72.9 Å². The number of carbonyl (C=O) groups excluding carboxylic acids is 4. The van der Waals surface area contributed by atoms with Crippen molar-refractivity contribution in [1.29, 1.82) is 0 Å². The lowest BCUT2D eigenvalue weighted by atomic mass is 10.0. The first-order valence-electron chi connectivity index (χ1n) is 41.2. The fourth-order valence-electron chi connectivity index (χ4n) is 11.5. The van der Waals surface area contributed by atoms with E-state index in [4.69, 9.17) is 37.0 Å². The van der Waals surface area contributed by atoms with Crippen molar-refractivity contribution in [2.75, 3.05) is 39.6 Å². The van der Waals surface area contributed by atoms with Gasteiger partial charge in [0.1, 0.15) is 19.3 Å². The number of rotatable bonds is 78. The Balaban J connectivity index is 5.33. The van der Waals surface area contributed by atoms with Crippen molar-refractivity contribution >= 4 is 39.5 Å². The fourth-order valence-corrected chi connectivity index (χ4v) is 13.1. The Morgan fingerprint density at radius 2 is 0.510 bits per heavy atom. The third kappa shape index (κ3) is 74.8. The van der Waals surface area contributed by atoms with Gasteiger partial charge in [-0.05, 0) is 89.9 Å². The van der Waals surface area contributed by atoms with Gasteiger partial charge < -0.3 is 33.8 Å². The third-order valence-electron chi connectivity index (χ3n) is 17.7. The molecular weight excluding hydrogens is 1330 g/mol. The van der Waals surface area contributed by atoms with Crippen LogP contribution in [0.1, 0.15) is 374 Å². The number of carbonyl (C=O) groups is 4. The summed E-state index contributed by atoms with van der Waals surface area (Å²) >= 11 is 0. The summed E-state index contributed by atoms with van der Waals surface area (Å²) in [6.45, 7) is 4.72. The summed E-state index contributed by atoms with van der Waals surface area (Å²) in [5.74, 6) is -2.16. The molecule has 0 aliphatic rings. The van der Waals surface area contributed by atoms with Gasteiger partial charge in [0.15, 0.2) is 12.2 Å². The van der Waals surface area contributed by atoms with Crippen molar-refractivity contribution in [3.63, 3.8) is 0 Å². The van der Waals surface area contributed by atoms with E-state index in [1.54, 1.807) is 0 Å². The van der Waals surface area contributed by atoms with Gasteiger partial charge in [-0.2, -0.15) is 0 Å². The van der Waals surface area contributed by atoms with Gasteiger partial charge in [0.05, 0.1) is 26.4 Å². The maximum absolute atomic E-state index is 13.1. The second-order valence-electron chi connectivity index (χ2n) is 27.7. The molecule has 5 unspecified atom stereocenters. The number of ether oxygens (including phenoxy) is 4. The van der Waals surface area contributed by atoms with E-state index in [-0.39, 0.29) is 25.7 Å². The summed E-state index contributed by atoms with van der Waals surface area (Å²) in [7, 11) is -9.95. The molecule has 0 heterocycles. The van der Waals surface area contributed by atoms with Gasteiger partial charge in [0, 0.05) is 25.7 Å². The molecule has 0 aromatic carbocycles. The molecule has 0 aromatic rings. The number of phosphoric acid groups is 2. The zero-order chi connectivity index (χ0) is 74.6. The van der Waals surface area contributed by atoms with Gasteiger partial charge in [0.2, 0.25) is 0 Å². The van der Waals surface area contributed by atoms with Crippen molar-refractivity contribution in [2.45, 2.75) is 393 Å². The van der Waals surface area contributed by atoms with Gasteiger partial charge in [0.25, 0.3) is 0 Å². The predicted molar refractivity (Wildman–Crippen MR) is 418 cm³/mol. The Labute approximate surface area is 622 Å². The highest BCUT2D eigenvalue weighted by molar-refractivity contribution is 7.47. The standard InChI is InChI=1S/C83H150O17P2/c1-5-9-13-17-21-25-29-33-36-38-41-45-48-52-56-60-64-68-81(86)94-74-79(100-83(88)70-66-62-58-54-50-46-42-39-37-34-30-26-22-18-14-10-6-2)76-98-102(91,92)96-72-77(84)71-95-101(89,90)97-75-78(99-82(87)69-65-61-57-53-49-43-32-28-24-20-16-12-8-4)73-93-80(85)67-63-59-55-51-47-44-40-35-31-27-23-19-15-11-7-3/h9-10,13-14,21-22,25-26,33-34,36-37,77-79,84H,5-8,11-12,15-20,23-24,27-32,35,38-76H2,1-4H3,(H,89,90)(H,91,92)/b13-9-,14-10-,25-21-,26-22-,36-33-,37-34-. The summed E-state index contributed by atoms with van der Waals surface area (Å²) in [6, 6.07) is 0. The average molecular weight is 1480 g/mol. The molecule has 0 amide bonds. The lowest BCUT2D eigenvalue weighted by Crippen LogP contribution is -2.30. The van der Waals surface area contributed by atoms with Crippen LogP contribution in [0, 0.1) is 0 Å². The molecule has 0 bridgehead atoms. The molecule has 17 nitrogen and oxygen atoms in total. The first-order valence-corrected chi connectivity index (χ1v) is 44.2. The molecule has 0 rings (SSSR count). The minimum Gasteiger partial charge on any atom is -0.462 e. The summed E-state index contributed by atoms with van der Waals surface area (Å²) < 4.78 is 68.7. The number of phosphoric ester groups is 2. The second kappa shape index (κ2) is 75.7. The molecule has 0 saturated carbocycles. The normalized spacial score (nSPS) is 14.2. The Hall–Kier alpha value is -3.50. The van der Waals surface area contributed by atoms with Crippen LogP contribution in [0.5, 0.6) is 0 Å². The summed E-state index contributed by atoms with van der Waals surface area (Å²) in [4.78, 5) is 73.1. The zero-order valence-corrected chi connectivity index (χ0v) is 66.8. The molecule has 0 fully saturated rings. The van der Waals surface area contributed by atoms with Crippen LogP contribution in [0.3, 0.4) is 0 Å². The number of hydrogen-bond acceptors (Lipinski definition) is 15. The van der Waals surface area contributed by atoms with Crippen molar-refractivity contribution in [2.24, 2.45) is 0 Å². The minimum atomic E-state index is -4.98. The molecule has 5 atom stereocenters. The van der Waals surface area contributed by atoms with Gasteiger partial charge in [-0.25, -0.2) is 9.13 Å². The molecule has 3 N–H and O–H groups in total. The Bertz CT molecular complexity index is 2210. The van der Waals surface area contributed by atoms with Crippen LogP contribution >= 0.6 is 15.6 Å². The molecule has 0 aliphatic heterocycles. The summed E-state index contributed by atoms with van der Waals surface area (Å²) in [5, 5.41) is 10.6. The molecule has 0 spiro atoms. The average Bonchev–Trinajstić information content (AvgIpc) is 0.959. The van der Waals surface area contributed by atoms with E-state index in [9.17, 15) is 43.2 Å². The van der Waals surface area contributed by atoms with Crippen LogP contribution in [0.15, 0.2) is 72.9 Å².